The molecule has 0 saturated heterocycles. The van der Waals surface area contributed by atoms with Crippen molar-refractivity contribution in [3.63, 3.8) is 0 Å². The summed E-state index contributed by atoms with van der Waals surface area (Å²) >= 11 is 3.48. The normalized spacial score (nSPS) is 11.1. The Morgan fingerprint density at radius 2 is 1.81 bits per heavy atom. The Hall–Kier alpha value is -1.09. The van der Waals surface area contributed by atoms with Gasteiger partial charge in [-0.25, -0.2) is 0 Å². The Labute approximate surface area is 104 Å². The van der Waals surface area contributed by atoms with Gasteiger partial charge in [-0.1, -0.05) is 43.3 Å². The molecule has 1 aromatic carbocycles. The second kappa shape index (κ2) is 4.42. The third-order valence-corrected chi connectivity index (χ3v) is 3.58. The summed E-state index contributed by atoms with van der Waals surface area (Å²) in [6, 6.07) is 8.43. The maximum absolute atomic E-state index is 5.13. The van der Waals surface area contributed by atoms with Gasteiger partial charge in [0.2, 0.25) is 0 Å². The highest BCUT2D eigenvalue weighted by molar-refractivity contribution is 9.10. The number of halogens is 1. The zero-order valence-corrected chi connectivity index (χ0v) is 11.2. The van der Waals surface area contributed by atoms with Gasteiger partial charge in [-0.2, -0.15) is 0 Å². The fraction of sp³-hybridized carbons (Fsp3) is 0.308. The monoisotopic (exact) mass is 279 g/mol. The molecule has 0 N–H and O–H groups in total. The lowest BCUT2D eigenvalue weighted by molar-refractivity contribution is 0.399. The fourth-order valence-electron chi connectivity index (χ4n) is 1.57. The smallest absolute Gasteiger partial charge is 0.148 e. The third-order valence-electron chi connectivity index (χ3n) is 2.64. The Bertz CT molecular complexity index is 485. The Kier molecular flexibility index (Phi) is 3.15. The molecule has 0 atom stereocenters. The first-order valence-corrected chi connectivity index (χ1v) is 6.11. The van der Waals surface area contributed by atoms with Crippen molar-refractivity contribution in [1.82, 2.24) is 5.16 Å². The van der Waals surface area contributed by atoms with Crippen LogP contribution in [0.5, 0.6) is 0 Å². The highest BCUT2D eigenvalue weighted by Gasteiger charge is 2.11. The maximum atomic E-state index is 5.13. The molecule has 0 aliphatic rings. The summed E-state index contributed by atoms with van der Waals surface area (Å²) in [7, 11) is 0. The van der Waals surface area contributed by atoms with Crippen molar-refractivity contribution in [1.29, 1.82) is 0 Å². The van der Waals surface area contributed by atoms with E-state index >= 15 is 0 Å². The van der Waals surface area contributed by atoms with Crippen molar-refractivity contribution in [2.45, 2.75) is 26.7 Å². The first-order chi connectivity index (χ1) is 7.59. The van der Waals surface area contributed by atoms with Crippen molar-refractivity contribution in [3.8, 4) is 11.3 Å². The van der Waals surface area contributed by atoms with E-state index in [1.807, 2.05) is 6.92 Å². The van der Waals surface area contributed by atoms with E-state index < -0.39 is 0 Å². The molecule has 1 heterocycles. The standard InChI is InChI=1S/C13H14BrNO/c1-8(2)10-4-6-11(7-5-10)13-12(14)9(3)16-15-13/h4-8H,1-3H3. The molecule has 0 unspecified atom stereocenters. The molecule has 2 nitrogen and oxygen atoms in total. The molecule has 3 heteroatoms. The summed E-state index contributed by atoms with van der Waals surface area (Å²) in [5.74, 6) is 1.36. The number of aromatic nitrogens is 1. The van der Waals surface area contributed by atoms with Gasteiger partial charge in [0.1, 0.15) is 11.5 Å². The predicted octanol–water partition coefficient (Wildman–Crippen LogP) is 4.54. The molecule has 2 aromatic rings. The highest BCUT2D eigenvalue weighted by Crippen LogP contribution is 2.30. The molecule has 0 aliphatic carbocycles. The summed E-state index contributed by atoms with van der Waals surface area (Å²) in [6.07, 6.45) is 0. The lowest BCUT2D eigenvalue weighted by Crippen LogP contribution is -1.87. The SMILES string of the molecule is Cc1onc(-c2ccc(C(C)C)cc2)c1Br. The van der Waals surface area contributed by atoms with E-state index in [2.05, 4.69) is 59.2 Å². The number of aryl methyl sites for hydroxylation is 1. The van der Waals surface area contributed by atoms with E-state index in [1.165, 1.54) is 5.56 Å². The van der Waals surface area contributed by atoms with Gasteiger partial charge in [0.15, 0.2) is 0 Å². The summed E-state index contributed by atoms with van der Waals surface area (Å²) in [5.41, 5.74) is 3.28. The average Bonchev–Trinajstić information content (AvgIpc) is 2.60. The Morgan fingerprint density at radius 1 is 1.19 bits per heavy atom. The summed E-state index contributed by atoms with van der Waals surface area (Å²) < 4.78 is 6.07. The van der Waals surface area contributed by atoms with Crippen LogP contribution in [-0.2, 0) is 0 Å². The van der Waals surface area contributed by atoms with Crippen molar-refractivity contribution < 1.29 is 4.52 Å². The second-order valence-corrected chi connectivity index (χ2v) is 4.97. The summed E-state index contributed by atoms with van der Waals surface area (Å²) in [6.45, 7) is 6.26. The number of nitrogens with zero attached hydrogens (tertiary/aromatic N) is 1. The van der Waals surface area contributed by atoms with Crippen LogP contribution in [0.15, 0.2) is 33.3 Å². The lowest BCUT2D eigenvalue weighted by atomic mass is 10.0. The first kappa shape index (κ1) is 11.4. The topological polar surface area (TPSA) is 26.0 Å². The van der Waals surface area contributed by atoms with E-state index in [-0.39, 0.29) is 0 Å². The van der Waals surface area contributed by atoms with Gasteiger partial charge in [0.05, 0.1) is 4.47 Å². The number of rotatable bonds is 2. The molecular formula is C13H14BrNO. The molecule has 1 aromatic heterocycles. The van der Waals surface area contributed by atoms with Crippen LogP contribution in [-0.4, -0.2) is 5.16 Å². The molecule has 0 aliphatic heterocycles. The van der Waals surface area contributed by atoms with Crippen molar-refractivity contribution in [2.75, 3.05) is 0 Å². The zero-order valence-electron chi connectivity index (χ0n) is 9.62. The van der Waals surface area contributed by atoms with E-state index in [1.54, 1.807) is 0 Å². The minimum Gasteiger partial charge on any atom is -0.360 e. The van der Waals surface area contributed by atoms with Gasteiger partial charge in [-0.3, -0.25) is 0 Å². The molecular weight excluding hydrogens is 266 g/mol. The number of hydrogen-bond acceptors (Lipinski definition) is 2. The Morgan fingerprint density at radius 3 is 2.25 bits per heavy atom. The van der Waals surface area contributed by atoms with Crippen molar-refractivity contribution >= 4 is 15.9 Å². The quantitative estimate of drug-likeness (QED) is 0.807. The van der Waals surface area contributed by atoms with Crippen molar-refractivity contribution in [2.24, 2.45) is 0 Å². The van der Waals surface area contributed by atoms with Gasteiger partial charge in [-0.05, 0) is 34.3 Å². The Balaban J connectivity index is 2.38. The molecule has 0 spiro atoms. The largest absolute Gasteiger partial charge is 0.360 e. The third kappa shape index (κ3) is 2.05. The van der Waals surface area contributed by atoms with Gasteiger partial charge >= 0.3 is 0 Å². The molecule has 0 saturated carbocycles. The summed E-state index contributed by atoms with van der Waals surface area (Å²) in [4.78, 5) is 0. The second-order valence-electron chi connectivity index (χ2n) is 4.18. The molecule has 16 heavy (non-hydrogen) atoms. The molecule has 0 amide bonds. The van der Waals surface area contributed by atoms with Gasteiger partial charge in [-0.15, -0.1) is 0 Å². The number of hydrogen-bond donors (Lipinski definition) is 0. The van der Waals surface area contributed by atoms with Crippen LogP contribution < -0.4 is 0 Å². The maximum Gasteiger partial charge on any atom is 0.148 e. The van der Waals surface area contributed by atoms with Crippen LogP contribution in [0.4, 0.5) is 0 Å². The minimum absolute atomic E-state index is 0.552. The van der Waals surface area contributed by atoms with Crippen LogP contribution in [0.1, 0.15) is 31.1 Å². The molecule has 2 rings (SSSR count). The van der Waals surface area contributed by atoms with Crippen LogP contribution in [0.2, 0.25) is 0 Å². The zero-order chi connectivity index (χ0) is 11.7. The van der Waals surface area contributed by atoms with E-state index in [9.17, 15) is 0 Å². The van der Waals surface area contributed by atoms with Crippen LogP contribution in [0.3, 0.4) is 0 Å². The van der Waals surface area contributed by atoms with Gasteiger partial charge in [0, 0.05) is 5.56 Å². The predicted molar refractivity (Wildman–Crippen MR) is 68.5 cm³/mol. The minimum atomic E-state index is 0.552. The van der Waals surface area contributed by atoms with Gasteiger partial charge < -0.3 is 4.52 Å². The van der Waals surface area contributed by atoms with Crippen LogP contribution in [0, 0.1) is 6.92 Å². The van der Waals surface area contributed by atoms with Gasteiger partial charge in [0.25, 0.3) is 0 Å². The number of benzene rings is 1. The highest BCUT2D eigenvalue weighted by atomic mass is 79.9. The average molecular weight is 280 g/mol. The van der Waals surface area contributed by atoms with E-state index in [4.69, 9.17) is 4.52 Å². The lowest BCUT2D eigenvalue weighted by Gasteiger charge is -2.05. The fourth-order valence-corrected chi connectivity index (χ4v) is 1.94. The molecule has 0 radical (unpaired) electrons. The van der Waals surface area contributed by atoms with E-state index in [0.29, 0.717) is 5.92 Å². The van der Waals surface area contributed by atoms with Crippen molar-refractivity contribution in [3.05, 3.63) is 40.1 Å². The molecule has 0 bridgehead atoms. The first-order valence-electron chi connectivity index (χ1n) is 5.31. The molecule has 84 valence electrons. The van der Waals surface area contributed by atoms with Crippen LogP contribution in [0.25, 0.3) is 11.3 Å². The van der Waals surface area contributed by atoms with E-state index in [0.717, 1.165) is 21.5 Å². The molecule has 0 fully saturated rings. The van der Waals surface area contributed by atoms with Crippen LogP contribution >= 0.6 is 15.9 Å². The summed E-state index contributed by atoms with van der Waals surface area (Å²) in [5, 5.41) is 4.04.